The lowest BCUT2D eigenvalue weighted by molar-refractivity contribution is -0.385. The van der Waals surface area contributed by atoms with E-state index in [9.17, 15) is 15.2 Å². The number of hydrogen-bond acceptors (Lipinski definition) is 6. The molecule has 7 nitrogen and oxygen atoms in total. The number of para-hydroxylation sites is 1. The number of nitro groups is 1. The molecule has 0 saturated carbocycles. The summed E-state index contributed by atoms with van der Waals surface area (Å²) < 4.78 is 5.14. The minimum absolute atomic E-state index is 0.0122. The number of benzene rings is 1. The first-order valence-electron chi connectivity index (χ1n) is 7.75. The Hall–Kier alpha value is -1.86. The van der Waals surface area contributed by atoms with E-state index >= 15 is 0 Å². The summed E-state index contributed by atoms with van der Waals surface area (Å²) >= 11 is 0. The number of β-amino-alcohol motifs (C(OH)–C–C–N with tert-alkyl or cyclic N) is 1. The zero-order valence-electron chi connectivity index (χ0n) is 14.2. The highest BCUT2D eigenvalue weighted by molar-refractivity contribution is 5.70. The summed E-state index contributed by atoms with van der Waals surface area (Å²) in [5, 5.41) is 21.4. The molecule has 1 aliphatic rings. The lowest BCUT2D eigenvalue weighted by Gasteiger charge is -2.42. The lowest BCUT2D eigenvalue weighted by Crippen LogP contribution is -2.55. The Morgan fingerprint density at radius 2 is 2.13 bits per heavy atom. The fraction of sp³-hybridized carbons (Fsp3) is 0.625. The van der Waals surface area contributed by atoms with Gasteiger partial charge in [0.2, 0.25) is 0 Å². The first-order chi connectivity index (χ1) is 10.7. The Balaban J connectivity index is 2.21. The maximum atomic E-state index is 11.4. The Morgan fingerprint density at radius 3 is 2.65 bits per heavy atom. The Kier molecular flexibility index (Phi) is 5.11. The smallest absolute Gasteiger partial charge is 0.333 e. The molecule has 128 valence electrons. The SMILES string of the molecule is COc1cccc(N2CCN(CC(C)(C)O)[C@@H](C)C2)c1[N+](=O)[O-]. The molecular formula is C16H25N3O4. The molecule has 2 rings (SSSR count). The molecule has 1 heterocycles. The van der Waals surface area contributed by atoms with Crippen LogP contribution in [-0.2, 0) is 0 Å². The van der Waals surface area contributed by atoms with Gasteiger partial charge in [0, 0.05) is 32.2 Å². The standard InChI is InChI=1S/C16H25N3O4/c1-12-10-17(8-9-18(12)11-16(2,3)20)13-6-5-7-14(23-4)15(13)19(21)22/h5-7,12,20H,8-11H2,1-4H3/t12-/m0/s1. The second-order valence-electron chi connectivity index (χ2n) is 6.66. The average Bonchev–Trinajstić information content (AvgIpc) is 2.47. The van der Waals surface area contributed by atoms with Crippen molar-refractivity contribution in [2.45, 2.75) is 32.4 Å². The number of aliphatic hydroxyl groups is 1. The van der Waals surface area contributed by atoms with Crippen LogP contribution in [0, 0.1) is 10.1 Å². The third-order valence-electron chi connectivity index (χ3n) is 4.08. The molecule has 1 aromatic rings. The molecular weight excluding hydrogens is 298 g/mol. The van der Waals surface area contributed by atoms with Gasteiger partial charge in [-0.2, -0.15) is 0 Å². The van der Waals surface area contributed by atoms with Crippen LogP contribution in [0.2, 0.25) is 0 Å². The number of methoxy groups -OCH3 is 1. The average molecular weight is 323 g/mol. The molecule has 23 heavy (non-hydrogen) atoms. The third kappa shape index (κ3) is 4.11. The van der Waals surface area contributed by atoms with Gasteiger partial charge in [0.05, 0.1) is 17.6 Å². The molecule has 0 amide bonds. The van der Waals surface area contributed by atoms with E-state index in [4.69, 9.17) is 4.74 Å². The number of hydrogen-bond donors (Lipinski definition) is 1. The molecule has 1 fully saturated rings. The number of ether oxygens (including phenoxy) is 1. The highest BCUT2D eigenvalue weighted by Crippen LogP contribution is 2.37. The lowest BCUT2D eigenvalue weighted by atomic mass is 10.1. The molecule has 0 spiro atoms. The highest BCUT2D eigenvalue weighted by atomic mass is 16.6. The van der Waals surface area contributed by atoms with E-state index in [1.165, 1.54) is 7.11 Å². The van der Waals surface area contributed by atoms with Crippen LogP contribution in [0.1, 0.15) is 20.8 Å². The third-order valence-corrected chi connectivity index (χ3v) is 4.08. The second kappa shape index (κ2) is 6.72. The summed E-state index contributed by atoms with van der Waals surface area (Å²) in [5.41, 5.74) is -0.152. The minimum Gasteiger partial charge on any atom is -0.490 e. The topological polar surface area (TPSA) is 79.1 Å². The van der Waals surface area contributed by atoms with Crippen molar-refractivity contribution in [1.29, 1.82) is 0 Å². The summed E-state index contributed by atoms with van der Waals surface area (Å²) in [6, 6.07) is 5.34. The van der Waals surface area contributed by atoms with E-state index in [0.29, 0.717) is 25.3 Å². The van der Waals surface area contributed by atoms with Gasteiger partial charge >= 0.3 is 5.69 Å². The number of anilines is 1. The molecule has 1 aromatic carbocycles. The second-order valence-corrected chi connectivity index (χ2v) is 6.66. The molecule has 7 heteroatoms. The Bertz CT molecular complexity index is 571. The summed E-state index contributed by atoms with van der Waals surface area (Å²) in [7, 11) is 1.44. The fourth-order valence-electron chi connectivity index (χ4n) is 3.06. The predicted octanol–water partition coefficient (Wildman–Crippen LogP) is 1.88. The molecule has 1 aliphatic heterocycles. The van der Waals surface area contributed by atoms with Crippen molar-refractivity contribution in [3.8, 4) is 5.75 Å². The molecule has 0 unspecified atom stereocenters. The van der Waals surface area contributed by atoms with Crippen LogP contribution in [0.25, 0.3) is 0 Å². The Morgan fingerprint density at radius 1 is 1.43 bits per heavy atom. The summed E-state index contributed by atoms with van der Waals surface area (Å²) in [5.74, 6) is 0.277. The molecule has 0 radical (unpaired) electrons. The zero-order chi connectivity index (χ0) is 17.2. The van der Waals surface area contributed by atoms with E-state index < -0.39 is 5.60 Å². The largest absolute Gasteiger partial charge is 0.490 e. The van der Waals surface area contributed by atoms with E-state index in [2.05, 4.69) is 11.8 Å². The van der Waals surface area contributed by atoms with Gasteiger partial charge in [0.1, 0.15) is 5.69 Å². The molecule has 0 bridgehead atoms. The van der Waals surface area contributed by atoms with E-state index in [1.807, 2.05) is 4.90 Å². The van der Waals surface area contributed by atoms with Crippen LogP contribution >= 0.6 is 0 Å². The van der Waals surface area contributed by atoms with E-state index in [0.717, 1.165) is 6.54 Å². The van der Waals surface area contributed by atoms with Gasteiger partial charge in [0.15, 0.2) is 5.75 Å². The predicted molar refractivity (Wildman–Crippen MR) is 89.2 cm³/mol. The van der Waals surface area contributed by atoms with Crippen LogP contribution in [0.15, 0.2) is 18.2 Å². The van der Waals surface area contributed by atoms with Gasteiger partial charge in [0.25, 0.3) is 0 Å². The van der Waals surface area contributed by atoms with Gasteiger partial charge in [-0.15, -0.1) is 0 Å². The molecule has 1 atom stereocenters. The summed E-state index contributed by atoms with van der Waals surface area (Å²) in [6.45, 7) is 8.34. The maximum Gasteiger partial charge on any atom is 0.333 e. The monoisotopic (exact) mass is 323 g/mol. The quantitative estimate of drug-likeness (QED) is 0.658. The van der Waals surface area contributed by atoms with Gasteiger partial charge in [-0.05, 0) is 32.9 Å². The van der Waals surface area contributed by atoms with Crippen molar-refractivity contribution in [2.24, 2.45) is 0 Å². The first kappa shape index (κ1) is 17.5. The van der Waals surface area contributed by atoms with Crippen LogP contribution in [0.4, 0.5) is 11.4 Å². The first-order valence-corrected chi connectivity index (χ1v) is 7.75. The highest BCUT2D eigenvalue weighted by Gasteiger charge is 2.31. The fourth-order valence-corrected chi connectivity index (χ4v) is 3.06. The number of piperazine rings is 1. The van der Waals surface area contributed by atoms with Gasteiger partial charge in [-0.25, -0.2) is 0 Å². The molecule has 1 N–H and O–H groups in total. The summed E-state index contributed by atoms with van der Waals surface area (Å²) in [4.78, 5) is 15.3. The van der Waals surface area contributed by atoms with E-state index in [-0.39, 0.29) is 22.4 Å². The number of rotatable bonds is 5. The molecule has 0 aliphatic carbocycles. The molecule has 1 saturated heterocycles. The normalized spacial score (nSPS) is 19.7. The van der Waals surface area contributed by atoms with Crippen molar-refractivity contribution in [3.63, 3.8) is 0 Å². The van der Waals surface area contributed by atoms with Crippen LogP contribution in [0.5, 0.6) is 5.75 Å². The molecule has 0 aromatic heterocycles. The number of nitro benzene ring substituents is 1. The van der Waals surface area contributed by atoms with Crippen molar-refractivity contribution in [1.82, 2.24) is 4.90 Å². The number of nitrogens with zero attached hydrogens (tertiary/aromatic N) is 3. The van der Waals surface area contributed by atoms with Gasteiger partial charge in [-0.3, -0.25) is 15.0 Å². The van der Waals surface area contributed by atoms with Gasteiger partial charge < -0.3 is 14.7 Å². The van der Waals surface area contributed by atoms with Crippen molar-refractivity contribution in [3.05, 3.63) is 28.3 Å². The summed E-state index contributed by atoms with van der Waals surface area (Å²) in [6.07, 6.45) is 0. The maximum absolute atomic E-state index is 11.4. The zero-order valence-corrected chi connectivity index (χ0v) is 14.2. The van der Waals surface area contributed by atoms with Crippen LogP contribution < -0.4 is 9.64 Å². The van der Waals surface area contributed by atoms with Crippen LogP contribution in [-0.4, -0.2) is 59.9 Å². The Labute approximate surface area is 136 Å². The van der Waals surface area contributed by atoms with Crippen LogP contribution in [0.3, 0.4) is 0 Å². The van der Waals surface area contributed by atoms with E-state index in [1.54, 1.807) is 32.0 Å². The van der Waals surface area contributed by atoms with Crippen molar-refractivity contribution >= 4 is 11.4 Å². The van der Waals surface area contributed by atoms with Crippen molar-refractivity contribution in [2.75, 3.05) is 38.2 Å². The minimum atomic E-state index is -0.752. The van der Waals surface area contributed by atoms with Gasteiger partial charge in [-0.1, -0.05) is 6.07 Å². The van der Waals surface area contributed by atoms with Crippen molar-refractivity contribution < 1.29 is 14.8 Å².